The van der Waals surface area contributed by atoms with E-state index in [4.69, 9.17) is 0 Å². The Hall–Kier alpha value is -1.65. The van der Waals surface area contributed by atoms with Crippen LogP contribution in [-0.4, -0.2) is 28.0 Å². The van der Waals surface area contributed by atoms with Crippen molar-refractivity contribution in [3.05, 3.63) is 18.1 Å². The number of rotatable bonds is 6. The molecule has 1 heterocycles. The Balaban J connectivity index is 2.72. The second kappa shape index (κ2) is 6.93. The molecule has 1 amide bonds. The van der Waals surface area contributed by atoms with Gasteiger partial charge in [-0.15, -0.1) is 0 Å². The van der Waals surface area contributed by atoms with E-state index in [0.717, 1.165) is 12.8 Å². The Morgan fingerprint density at radius 1 is 1.22 bits per heavy atom. The standard InChI is InChI=1S/C13H22N4O/c1-5-9(3)16-12-7-11(14-8-15-12)13(18)17-10(4)6-2/h7-10H,5-6H2,1-4H3,(H,17,18)(H,14,15,16). The maximum Gasteiger partial charge on any atom is 0.270 e. The summed E-state index contributed by atoms with van der Waals surface area (Å²) in [7, 11) is 0. The second-order valence-electron chi connectivity index (χ2n) is 4.52. The van der Waals surface area contributed by atoms with Gasteiger partial charge in [-0.3, -0.25) is 4.79 Å². The summed E-state index contributed by atoms with van der Waals surface area (Å²) in [5.74, 6) is 0.535. The highest BCUT2D eigenvalue weighted by Crippen LogP contribution is 2.07. The van der Waals surface area contributed by atoms with E-state index in [0.29, 0.717) is 17.6 Å². The van der Waals surface area contributed by atoms with Crippen molar-refractivity contribution in [1.82, 2.24) is 15.3 Å². The predicted octanol–water partition coefficient (Wildman–Crippen LogP) is 2.22. The lowest BCUT2D eigenvalue weighted by molar-refractivity contribution is 0.0934. The molecule has 1 rings (SSSR count). The van der Waals surface area contributed by atoms with E-state index in [9.17, 15) is 4.79 Å². The van der Waals surface area contributed by atoms with Crippen LogP contribution >= 0.6 is 0 Å². The van der Waals surface area contributed by atoms with Crippen molar-refractivity contribution < 1.29 is 4.79 Å². The van der Waals surface area contributed by atoms with Crippen LogP contribution in [0.25, 0.3) is 0 Å². The Kier molecular flexibility index (Phi) is 5.55. The van der Waals surface area contributed by atoms with Crippen LogP contribution < -0.4 is 10.6 Å². The fourth-order valence-corrected chi connectivity index (χ4v) is 1.31. The molecular weight excluding hydrogens is 228 g/mol. The summed E-state index contributed by atoms with van der Waals surface area (Å²) in [4.78, 5) is 20.0. The van der Waals surface area contributed by atoms with Gasteiger partial charge >= 0.3 is 0 Å². The molecule has 0 aliphatic heterocycles. The number of nitrogens with zero attached hydrogens (tertiary/aromatic N) is 2. The minimum Gasteiger partial charge on any atom is -0.368 e. The van der Waals surface area contributed by atoms with Gasteiger partial charge in [0.15, 0.2) is 0 Å². The lowest BCUT2D eigenvalue weighted by atomic mass is 10.2. The molecule has 0 bridgehead atoms. The van der Waals surface area contributed by atoms with Gasteiger partial charge in [-0.25, -0.2) is 9.97 Å². The van der Waals surface area contributed by atoms with Gasteiger partial charge < -0.3 is 10.6 Å². The maximum atomic E-state index is 11.9. The van der Waals surface area contributed by atoms with Crippen LogP contribution in [0.4, 0.5) is 5.82 Å². The third-order valence-corrected chi connectivity index (χ3v) is 2.90. The summed E-state index contributed by atoms with van der Waals surface area (Å²) in [6.45, 7) is 8.16. The monoisotopic (exact) mass is 250 g/mol. The van der Waals surface area contributed by atoms with Crippen LogP contribution in [0.3, 0.4) is 0 Å². The number of hydrogen-bond donors (Lipinski definition) is 2. The zero-order valence-electron chi connectivity index (χ0n) is 11.5. The van der Waals surface area contributed by atoms with Crippen LogP contribution in [0.2, 0.25) is 0 Å². The van der Waals surface area contributed by atoms with Gasteiger partial charge in [-0.1, -0.05) is 13.8 Å². The van der Waals surface area contributed by atoms with Gasteiger partial charge in [-0.2, -0.15) is 0 Å². The molecule has 2 atom stereocenters. The van der Waals surface area contributed by atoms with Crippen molar-refractivity contribution >= 4 is 11.7 Å². The molecule has 0 saturated heterocycles. The number of carbonyl (C=O) groups is 1. The summed E-state index contributed by atoms with van der Waals surface area (Å²) in [5, 5.41) is 6.11. The number of amides is 1. The van der Waals surface area contributed by atoms with Crippen molar-refractivity contribution in [1.29, 1.82) is 0 Å². The molecule has 0 saturated carbocycles. The van der Waals surface area contributed by atoms with Gasteiger partial charge in [-0.05, 0) is 26.7 Å². The first kappa shape index (κ1) is 14.4. The highest BCUT2D eigenvalue weighted by molar-refractivity contribution is 5.93. The maximum absolute atomic E-state index is 11.9. The first-order chi connectivity index (χ1) is 8.56. The predicted molar refractivity (Wildman–Crippen MR) is 72.6 cm³/mol. The van der Waals surface area contributed by atoms with Gasteiger partial charge in [0.1, 0.15) is 17.8 Å². The average molecular weight is 250 g/mol. The van der Waals surface area contributed by atoms with Crippen LogP contribution in [0.1, 0.15) is 51.0 Å². The molecule has 0 aromatic carbocycles. The molecule has 2 N–H and O–H groups in total. The van der Waals surface area contributed by atoms with Gasteiger partial charge in [0.25, 0.3) is 5.91 Å². The first-order valence-corrected chi connectivity index (χ1v) is 6.46. The zero-order chi connectivity index (χ0) is 13.5. The Morgan fingerprint density at radius 3 is 2.50 bits per heavy atom. The van der Waals surface area contributed by atoms with Gasteiger partial charge in [0, 0.05) is 18.2 Å². The smallest absolute Gasteiger partial charge is 0.270 e. The molecular formula is C13H22N4O. The third-order valence-electron chi connectivity index (χ3n) is 2.90. The molecule has 0 radical (unpaired) electrons. The van der Waals surface area contributed by atoms with Gasteiger partial charge in [0.05, 0.1) is 0 Å². The number of carbonyl (C=O) groups excluding carboxylic acids is 1. The fourth-order valence-electron chi connectivity index (χ4n) is 1.31. The van der Waals surface area contributed by atoms with Gasteiger partial charge in [0.2, 0.25) is 0 Å². The Morgan fingerprint density at radius 2 is 1.89 bits per heavy atom. The van der Waals surface area contributed by atoms with Crippen LogP contribution in [0.5, 0.6) is 0 Å². The number of nitrogens with one attached hydrogen (secondary N) is 2. The van der Waals surface area contributed by atoms with E-state index in [2.05, 4.69) is 34.4 Å². The summed E-state index contributed by atoms with van der Waals surface area (Å²) >= 11 is 0. The highest BCUT2D eigenvalue weighted by atomic mass is 16.1. The highest BCUT2D eigenvalue weighted by Gasteiger charge is 2.11. The molecule has 5 heteroatoms. The average Bonchev–Trinajstić information content (AvgIpc) is 2.38. The SMILES string of the molecule is CCC(C)NC(=O)c1cc(NC(C)CC)ncn1. The minimum absolute atomic E-state index is 0.151. The molecule has 1 aromatic heterocycles. The van der Waals surface area contributed by atoms with Crippen molar-refractivity contribution in [2.75, 3.05) is 5.32 Å². The molecule has 100 valence electrons. The van der Waals surface area contributed by atoms with Crippen molar-refractivity contribution in [2.45, 2.75) is 52.6 Å². The molecule has 0 aliphatic carbocycles. The quantitative estimate of drug-likeness (QED) is 0.812. The van der Waals surface area contributed by atoms with Crippen molar-refractivity contribution in [3.8, 4) is 0 Å². The molecule has 5 nitrogen and oxygen atoms in total. The normalized spacial score (nSPS) is 13.8. The molecule has 0 aliphatic rings. The molecule has 1 aromatic rings. The molecule has 0 fully saturated rings. The van der Waals surface area contributed by atoms with Crippen molar-refractivity contribution in [2.24, 2.45) is 0 Å². The summed E-state index contributed by atoms with van der Waals surface area (Å²) in [6.07, 6.45) is 3.31. The van der Waals surface area contributed by atoms with Crippen LogP contribution in [-0.2, 0) is 0 Å². The van der Waals surface area contributed by atoms with E-state index >= 15 is 0 Å². The number of aromatic nitrogens is 2. The first-order valence-electron chi connectivity index (χ1n) is 6.46. The van der Waals surface area contributed by atoms with E-state index < -0.39 is 0 Å². The zero-order valence-corrected chi connectivity index (χ0v) is 11.5. The second-order valence-corrected chi connectivity index (χ2v) is 4.52. The summed E-state index contributed by atoms with van der Waals surface area (Å²) < 4.78 is 0. The largest absolute Gasteiger partial charge is 0.368 e. The topological polar surface area (TPSA) is 66.9 Å². The van der Waals surface area contributed by atoms with Crippen LogP contribution in [0, 0.1) is 0 Å². The summed E-state index contributed by atoms with van der Waals surface area (Å²) in [5.41, 5.74) is 0.399. The van der Waals surface area contributed by atoms with E-state index in [-0.39, 0.29) is 11.9 Å². The Labute approximate surface area is 108 Å². The molecule has 18 heavy (non-hydrogen) atoms. The molecule has 0 spiro atoms. The van der Waals surface area contributed by atoms with E-state index in [1.54, 1.807) is 6.07 Å². The van der Waals surface area contributed by atoms with Crippen LogP contribution in [0.15, 0.2) is 12.4 Å². The lowest BCUT2D eigenvalue weighted by Crippen LogP contribution is -2.32. The summed E-state index contributed by atoms with van der Waals surface area (Å²) in [6, 6.07) is 2.16. The Bertz CT molecular complexity index is 394. The number of anilines is 1. The van der Waals surface area contributed by atoms with E-state index in [1.807, 2.05) is 13.8 Å². The van der Waals surface area contributed by atoms with Crippen molar-refractivity contribution in [3.63, 3.8) is 0 Å². The third kappa shape index (κ3) is 4.31. The fraction of sp³-hybridized carbons (Fsp3) is 0.615. The number of hydrogen-bond acceptors (Lipinski definition) is 4. The lowest BCUT2D eigenvalue weighted by Gasteiger charge is -2.13. The molecule has 2 unspecified atom stereocenters. The minimum atomic E-state index is -0.154. The van der Waals surface area contributed by atoms with E-state index in [1.165, 1.54) is 6.33 Å².